The molecule has 2 aromatic rings. The molecular weight excluding hydrogens is 296 g/mol. The van der Waals surface area contributed by atoms with Gasteiger partial charge >= 0.3 is 5.69 Å². The zero-order valence-electron chi connectivity index (χ0n) is 13.4. The van der Waals surface area contributed by atoms with E-state index >= 15 is 0 Å². The molecule has 0 aromatic carbocycles. The van der Waals surface area contributed by atoms with Crippen LogP contribution >= 0.6 is 0 Å². The Morgan fingerprint density at radius 3 is 2.30 bits per heavy atom. The van der Waals surface area contributed by atoms with Crippen LogP contribution in [0.15, 0.2) is 12.4 Å². The molecule has 1 fully saturated rings. The Morgan fingerprint density at radius 2 is 1.74 bits per heavy atom. The molecule has 0 spiro atoms. The van der Waals surface area contributed by atoms with E-state index in [9.17, 15) is 10.1 Å². The highest BCUT2D eigenvalue weighted by Gasteiger charge is 2.29. The van der Waals surface area contributed by atoms with Crippen molar-refractivity contribution in [2.45, 2.75) is 39.5 Å². The Labute approximate surface area is 134 Å². The van der Waals surface area contributed by atoms with Gasteiger partial charge in [-0.25, -0.2) is 14.6 Å². The second kappa shape index (κ2) is 6.31. The maximum atomic E-state index is 11.7. The largest absolute Gasteiger partial charge is 0.355 e. The number of rotatable bonds is 3. The van der Waals surface area contributed by atoms with Gasteiger partial charge in [-0.1, -0.05) is 12.8 Å². The van der Waals surface area contributed by atoms with Crippen LogP contribution in [0.3, 0.4) is 0 Å². The number of nitrogens with zero attached hydrogens (tertiary/aromatic N) is 6. The first-order valence-corrected chi connectivity index (χ1v) is 7.86. The van der Waals surface area contributed by atoms with Crippen LogP contribution in [0.5, 0.6) is 0 Å². The third kappa shape index (κ3) is 3.01. The summed E-state index contributed by atoms with van der Waals surface area (Å²) in [6, 6.07) is 1.87. The fourth-order valence-corrected chi connectivity index (χ4v) is 3.04. The quantitative estimate of drug-likeness (QED) is 0.638. The van der Waals surface area contributed by atoms with E-state index in [2.05, 4.69) is 15.1 Å². The smallest absolute Gasteiger partial charge is 0.351 e. The summed E-state index contributed by atoms with van der Waals surface area (Å²) in [5.74, 6) is 0.629. The lowest BCUT2D eigenvalue weighted by Crippen LogP contribution is -2.26. The van der Waals surface area contributed by atoms with Crippen LogP contribution in [-0.2, 0) is 0 Å². The van der Waals surface area contributed by atoms with Crippen molar-refractivity contribution in [3.05, 3.63) is 33.9 Å². The third-order valence-electron chi connectivity index (χ3n) is 4.08. The maximum absolute atomic E-state index is 11.7. The van der Waals surface area contributed by atoms with E-state index in [4.69, 9.17) is 0 Å². The lowest BCUT2D eigenvalue weighted by atomic mass is 10.2. The zero-order chi connectivity index (χ0) is 16.4. The van der Waals surface area contributed by atoms with Crippen LogP contribution in [-0.4, -0.2) is 37.8 Å². The fourth-order valence-electron chi connectivity index (χ4n) is 3.04. The Morgan fingerprint density at radius 1 is 1.09 bits per heavy atom. The Bertz CT molecular complexity index is 719. The van der Waals surface area contributed by atoms with E-state index in [0.717, 1.165) is 50.2 Å². The molecule has 1 saturated heterocycles. The van der Waals surface area contributed by atoms with E-state index in [-0.39, 0.29) is 11.5 Å². The SMILES string of the molecule is Cc1cc(C)n(-c2ncnc(N3CCCCCC3)c2[N+](=O)[O-])n1. The molecular formula is C15H20N6O2. The number of hydrogen-bond donors (Lipinski definition) is 0. The van der Waals surface area contributed by atoms with Crippen molar-refractivity contribution in [3.8, 4) is 5.82 Å². The molecule has 0 amide bonds. The molecule has 0 bridgehead atoms. The van der Waals surface area contributed by atoms with E-state index in [0.29, 0.717) is 5.82 Å². The number of aromatic nitrogens is 4. The van der Waals surface area contributed by atoms with Gasteiger partial charge in [-0.15, -0.1) is 0 Å². The second-order valence-electron chi connectivity index (χ2n) is 5.87. The molecule has 1 aliphatic rings. The minimum absolute atomic E-state index is 0.0689. The van der Waals surface area contributed by atoms with Crippen LogP contribution in [0.25, 0.3) is 5.82 Å². The molecule has 1 aliphatic heterocycles. The summed E-state index contributed by atoms with van der Waals surface area (Å²) in [4.78, 5) is 21.7. The van der Waals surface area contributed by atoms with Gasteiger partial charge in [0, 0.05) is 18.8 Å². The number of hydrogen-bond acceptors (Lipinski definition) is 6. The Balaban J connectivity index is 2.12. The summed E-state index contributed by atoms with van der Waals surface area (Å²) in [5, 5.41) is 16.1. The van der Waals surface area contributed by atoms with Gasteiger partial charge in [0.2, 0.25) is 11.6 Å². The average molecular weight is 316 g/mol. The van der Waals surface area contributed by atoms with Gasteiger partial charge in [0.25, 0.3) is 0 Å². The summed E-state index contributed by atoms with van der Waals surface area (Å²) >= 11 is 0. The lowest BCUT2D eigenvalue weighted by molar-refractivity contribution is -0.384. The fraction of sp³-hybridized carbons (Fsp3) is 0.533. The van der Waals surface area contributed by atoms with Gasteiger partial charge in [0.15, 0.2) is 0 Å². The van der Waals surface area contributed by atoms with Crippen LogP contribution in [0.1, 0.15) is 37.1 Å². The molecule has 3 rings (SSSR count). The predicted octanol–water partition coefficient (Wildman–Crippen LogP) is 2.57. The highest BCUT2D eigenvalue weighted by molar-refractivity contribution is 5.65. The number of nitro groups is 1. The van der Waals surface area contributed by atoms with Gasteiger partial charge in [0.1, 0.15) is 6.33 Å². The van der Waals surface area contributed by atoms with E-state index < -0.39 is 4.92 Å². The number of anilines is 1. The number of aryl methyl sites for hydroxylation is 2. The van der Waals surface area contributed by atoms with Crippen LogP contribution < -0.4 is 4.90 Å². The molecule has 23 heavy (non-hydrogen) atoms. The molecule has 8 nitrogen and oxygen atoms in total. The molecule has 2 aromatic heterocycles. The molecule has 8 heteroatoms. The topological polar surface area (TPSA) is 90.0 Å². The molecule has 0 N–H and O–H groups in total. The molecule has 0 atom stereocenters. The third-order valence-corrected chi connectivity index (χ3v) is 4.08. The Hall–Kier alpha value is -2.51. The average Bonchev–Trinajstić information content (AvgIpc) is 2.73. The van der Waals surface area contributed by atoms with Gasteiger partial charge in [0.05, 0.1) is 10.6 Å². The minimum Gasteiger partial charge on any atom is -0.351 e. The van der Waals surface area contributed by atoms with Crippen molar-refractivity contribution in [1.29, 1.82) is 0 Å². The highest BCUT2D eigenvalue weighted by atomic mass is 16.6. The maximum Gasteiger partial charge on any atom is 0.355 e. The molecule has 3 heterocycles. The first-order valence-electron chi connectivity index (χ1n) is 7.86. The normalized spacial score (nSPS) is 15.5. The van der Waals surface area contributed by atoms with Crippen LogP contribution in [0, 0.1) is 24.0 Å². The van der Waals surface area contributed by atoms with E-state index in [1.807, 2.05) is 24.8 Å². The first kappa shape index (κ1) is 15.4. The second-order valence-corrected chi connectivity index (χ2v) is 5.87. The predicted molar refractivity (Wildman–Crippen MR) is 86.0 cm³/mol. The molecule has 0 aliphatic carbocycles. The van der Waals surface area contributed by atoms with E-state index in [1.165, 1.54) is 11.0 Å². The van der Waals surface area contributed by atoms with Gasteiger partial charge in [-0.3, -0.25) is 10.1 Å². The molecule has 122 valence electrons. The standard InChI is InChI=1S/C15H20N6O2/c1-11-9-12(2)20(18-11)15-13(21(22)23)14(16-10-17-15)19-7-5-3-4-6-8-19/h9-10H,3-8H2,1-2H3. The molecule has 0 unspecified atom stereocenters. The Kier molecular flexibility index (Phi) is 4.22. The minimum atomic E-state index is -0.397. The molecule has 0 saturated carbocycles. The highest BCUT2D eigenvalue weighted by Crippen LogP contribution is 2.32. The zero-order valence-corrected chi connectivity index (χ0v) is 13.4. The van der Waals surface area contributed by atoms with Crippen molar-refractivity contribution < 1.29 is 4.92 Å². The van der Waals surface area contributed by atoms with Crippen molar-refractivity contribution in [3.63, 3.8) is 0 Å². The summed E-state index contributed by atoms with van der Waals surface area (Å²) in [7, 11) is 0. The van der Waals surface area contributed by atoms with Gasteiger partial charge < -0.3 is 4.90 Å². The summed E-state index contributed by atoms with van der Waals surface area (Å²) in [5.41, 5.74) is 1.54. The lowest BCUT2D eigenvalue weighted by Gasteiger charge is -2.21. The summed E-state index contributed by atoms with van der Waals surface area (Å²) in [6.07, 6.45) is 5.74. The van der Waals surface area contributed by atoms with Crippen molar-refractivity contribution in [2.24, 2.45) is 0 Å². The van der Waals surface area contributed by atoms with Crippen molar-refractivity contribution >= 4 is 11.5 Å². The molecule has 0 radical (unpaired) electrons. The van der Waals surface area contributed by atoms with Crippen molar-refractivity contribution in [2.75, 3.05) is 18.0 Å². The summed E-state index contributed by atoms with van der Waals surface area (Å²) in [6.45, 7) is 5.28. The first-order chi connectivity index (χ1) is 11.1. The summed E-state index contributed by atoms with van der Waals surface area (Å²) < 4.78 is 1.52. The monoisotopic (exact) mass is 316 g/mol. The van der Waals surface area contributed by atoms with Gasteiger partial charge in [-0.05, 0) is 32.8 Å². The van der Waals surface area contributed by atoms with Crippen LogP contribution in [0.2, 0.25) is 0 Å². The van der Waals surface area contributed by atoms with E-state index in [1.54, 1.807) is 0 Å². The van der Waals surface area contributed by atoms with Crippen LogP contribution in [0.4, 0.5) is 11.5 Å². The van der Waals surface area contributed by atoms with Gasteiger partial charge in [-0.2, -0.15) is 5.10 Å². The van der Waals surface area contributed by atoms with Crippen molar-refractivity contribution in [1.82, 2.24) is 19.7 Å².